The number of amides is 1. The van der Waals surface area contributed by atoms with Crippen LogP contribution in [0, 0.1) is 0 Å². The molecule has 3 aromatic carbocycles. The second-order valence-electron chi connectivity index (χ2n) is 6.23. The van der Waals surface area contributed by atoms with Gasteiger partial charge in [-0.1, -0.05) is 64.6 Å². The molecule has 0 aliphatic carbocycles. The number of hydrogen-bond acceptors (Lipinski definition) is 2. The SMILES string of the molecule is O=C1/C(=C\c2ccc(Cl)cc2Cl)N=C(c2ccccc2Cl)N1c1ccc(Cl)cc1. The van der Waals surface area contributed by atoms with E-state index >= 15 is 0 Å². The monoisotopic (exact) mass is 460 g/mol. The van der Waals surface area contributed by atoms with Gasteiger partial charge in [0.2, 0.25) is 0 Å². The number of carbonyl (C=O) groups excluding carboxylic acids is 1. The number of anilines is 1. The van der Waals surface area contributed by atoms with Gasteiger partial charge in [0.1, 0.15) is 11.5 Å². The van der Waals surface area contributed by atoms with E-state index in [1.54, 1.807) is 54.6 Å². The lowest BCUT2D eigenvalue weighted by Crippen LogP contribution is -2.32. The summed E-state index contributed by atoms with van der Waals surface area (Å²) in [4.78, 5) is 19.4. The summed E-state index contributed by atoms with van der Waals surface area (Å²) in [5.41, 5.74) is 2.14. The lowest BCUT2D eigenvalue weighted by Gasteiger charge is -2.19. The van der Waals surface area contributed by atoms with Gasteiger partial charge < -0.3 is 0 Å². The maximum atomic E-state index is 13.3. The van der Waals surface area contributed by atoms with Crippen LogP contribution < -0.4 is 4.90 Å². The van der Waals surface area contributed by atoms with Gasteiger partial charge in [-0.25, -0.2) is 4.99 Å². The Labute approximate surface area is 187 Å². The van der Waals surface area contributed by atoms with Crippen molar-refractivity contribution in [2.75, 3.05) is 4.90 Å². The fraction of sp³-hybridized carbons (Fsp3) is 0. The number of rotatable bonds is 3. The zero-order valence-electron chi connectivity index (χ0n) is 14.7. The quantitative estimate of drug-likeness (QED) is 0.381. The molecule has 0 saturated carbocycles. The topological polar surface area (TPSA) is 32.7 Å². The van der Waals surface area contributed by atoms with Gasteiger partial charge in [-0.05, 0) is 60.2 Å². The van der Waals surface area contributed by atoms with Crippen molar-refractivity contribution in [2.45, 2.75) is 0 Å². The van der Waals surface area contributed by atoms with Crippen LogP contribution in [-0.2, 0) is 4.79 Å². The van der Waals surface area contributed by atoms with Crippen molar-refractivity contribution in [1.29, 1.82) is 0 Å². The van der Waals surface area contributed by atoms with E-state index in [0.717, 1.165) is 0 Å². The summed E-state index contributed by atoms with van der Waals surface area (Å²) in [5.74, 6) is 0.132. The summed E-state index contributed by atoms with van der Waals surface area (Å²) in [6.07, 6.45) is 1.63. The smallest absolute Gasteiger partial charge is 0.266 e. The van der Waals surface area contributed by atoms with Crippen LogP contribution in [0.4, 0.5) is 5.69 Å². The molecule has 0 saturated heterocycles. The second-order valence-corrected chi connectivity index (χ2v) is 7.91. The Hall–Kier alpha value is -2.30. The Bertz CT molecular complexity index is 1170. The Morgan fingerprint density at radius 2 is 1.48 bits per heavy atom. The molecule has 0 bridgehead atoms. The summed E-state index contributed by atoms with van der Waals surface area (Å²) >= 11 is 24.6. The van der Waals surface area contributed by atoms with Crippen LogP contribution in [0.1, 0.15) is 11.1 Å². The summed E-state index contributed by atoms with van der Waals surface area (Å²) < 4.78 is 0. The summed E-state index contributed by atoms with van der Waals surface area (Å²) in [6, 6.07) is 19.2. The van der Waals surface area contributed by atoms with E-state index in [1.807, 2.05) is 18.2 Å². The first kappa shape index (κ1) is 20.0. The molecule has 7 heteroatoms. The molecule has 0 unspecified atom stereocenters. The molecule has 144 valence electrons. The third-order valence-corrected chi connectivity index (χ3v) is 5.46. The first-order valence-electron chi connectivity index (χ1n) is 8.54. The number of aliphatic imine (C=N–C) groups is 1. The lowest BCUT2D eigenvalue weighted by atomic mass is 10.1. The molecule has 4 rings (SSSR count). The van der Waals surface area contributed by atoms with E-state index in [0.29, 0.717) is 42.7 Å². The van der Waals surface area contributed by atoms with Crippen molar-refractivity contribution in [3.05, 3.63) is 104 Å². The van der Waals surface area contributed by atoms with Crippen LogP contribution in [0.25, 0.3) is 6.08 Å². The predicted octanol–water partition coefficient (Wildman–Crippen LogP) is 7.13. The molecule has 1 aliphatic rings. The minimum atomic E-state index is -0.298. The number of carbonyl (C=O) groups is 1. The summed E-state index contributed by atoms with van der Waals surface area (Å²) in [5, 5.41) is 2.00. The third kappa shape index (κ3) is 4.05. The van der Waals surface area contributed by atoms with Crippen molar-refractivity contribution in [3.8, 4) is 0 Å². The summed E-state index contributed by atoms with van der Waals surface area (Å²) in [7, 11) is 0. The number of halogens is 4. The van der Waals surface area contributed by atoms with Crippen LogP contribution in [0.15, 0.2) is 77.4 Å². The normalized spacial score (nSPS) is 15.2. The van der Waals surface area contributed by atoms with Gasteiger partial charge in [0.15, 0.2) is 0 Å². The van der Waals surface area contributed by atoms with Gasteiger partial charge in [0.25, 0.3) is 5.91 Å². The minimum Gasteiger partial charge on any atom is -0.266 e. The lowest BCUT2D eigenvalue weighted by molar-refractivity contribution is -0.113. The van der Waals surface area contributed by atoms with Crippen LogP contribution >= 0.6 is 46.4 Å². The summed E-state index contributed by atoms with van der Waals surface area (Å²) in [6.45, 7) is 0. The number of amidine groups is 1. The predicted molar refractivity (Wildman–Crippen MR) is 121 cm³/mol. The van der Waals surface area contributed by atoms with Gasteiger partial charge in [0, 0.05) is 20.6 Å². The van der Waals surface area contributed by atoms with Gasteiger partial charge in [0.05, 0.1) is 10.7 Å². The van der Waals surface area contributed by atoms with Crippen molar-refractivity contribution in [3.63, 3.8) is 0 Å². The standard InChI is InChI=1S/C22H12Cl4N2O/c23-14-7-9-16(10-8-14)28-21(17-3-1-2-4-18(17)25)27-20(22(28)29)11-13-5-6-15(24)12-19(13)26/h1-12H/b20-11+. The molecule has 0 atom stereocenters. The highest BCUT2D eigenvalue weighted by Gasteiger charge is 2.33. The highest BCUT2D eigenvalue weighted by atomic mass is 35.5. The Kier molecular flexibility index (Phi) is 5.66. The van der Waals surface area contributed by atoms with Gasteiger partial charge >= 0.3 is 0 Å². The Morgan fingerprint density at radius 1 is 0.793 bits per heavy atom. The molecule has 29 heavy (non-hydrogen) atoms. The van der Waals surface area contributed by atoms with Crippen molar-refractivity contribution in [1.82, 2.24) is 0 Å². The van der Waals surface area contributed by atoms with Crippen molar-refractivity contribution < 1.29 is 4.79 Å². The molecule has 1 heterocycles. The Balaban J connectivity index is 1.86. The molecule has 3 aromatic rings. The first-order valence-corrected chi connectivity index (χ1v) is 10.1. The molecule has 0 fully saturated rings. The van der Waals surface area contributed by atoms with Crippen LogP contribution in [0.5, 0.6) is 0 Å². The fourth-order valence-electron chi connectivity index (χ4n) is 2.94. The maximum Gasteiger partial charge on any atom is 0.282 e. The van der Waals surface area contributed by atoms with Gasteiger partial charge in [-0.15, -0.1) is 0 Å². The highest BCUT2D eigenvalue weighted by molar-refractivity contribution is 6.40. The number of hydrogen-bond donors (Lipinski definition) is 0. The molecule has 1 amide bonds. The maximum absolute atomic E-state index is 13.3. The van der Waals surface area contributed by atoms with E-state index in [4.69, 9.17) is 46.4 Å². The molecular weight excluding hydrogens is 450 g/mol. The van der Waals surface area contributed by atoms with Crippen LogP contribution in [0.2, 0.25) is 20.1 Å². The largest absolute Gasteiger partial charge is 0.282 e. The zero-order valence-corrected chi connectivity index (χ0v) is 17.8. The average molecular weight is 462 g/mol. The third-order valence-electron chi connectivity index (χ3n) is 4.31. The van der Waals surface area contributed by atoms with Gasteiger partial charge in [-0.2, -0.15) is 0 Å². The second kappa shape index (κ2) is 8.21. The van der Waals surface area contributed by atoms with Gasteiger partial charge in [-0.3, -0.25) is 9.69 Å². The van der Waals surface area contributed by atoms with E-state index in [1.165, 1.54) is 4.90 Å². The highest BCUT2D eigenvalue weighted by Crippen LogP contribution is 2.32. The number of nitrogens with zero attached hydrogens (tertiary/aromatic N) is 2. The van der Waals surface area contributed by atoms with E-state index in [-0.39, 0.29) is 11.6 Å². The van der Waals surface area contributed by atoms with Crippen LogP contribution in [-0.4, -0.2) is 11.7 Å². The average Bonchev–Trinajstić information content (AvgIpc) is 3.01. The van der Waals surface area contributed by atoms with Crippen molar-refractivity contribution >= 4 is 69.9 Å². The first-order chi connectivity index (χ1) is 13.9. The molecule has 1 aliphatic heterocycles. The molecule has 0 aromatic heterocycles. The minimum absolute atomic E-state index is 0.235. The Morgan fingerprint density at radius 3 is 2.17 bits per heavy atom. The molecule has 0 N–H and O–H groups in total. The van der Waals surface area contributed by atoms with Crippen molar-refractivity contribution in [2.24, 2.45) is 4.99 Å². The molecule has 0 radical (unpaired) electrons. The molecule has 0 spiro atoms. The number of benzene rings is 3. The van der Waals surface area contributed by atoms with E-state index in [2.05, 4.69) is 4.99 Å². The van der Waals surface area contributed by atoms with Crippen LogP contribution in [0.3, 0.4) is 0 Å². The van der Waals surface area contributed by atoms with E-state index in [9.17, 15) is 4.79 Å². The van der Waals surface area contributed by atoms with E-state index < -0.39 is 0 Å². The molecular formula is C22H12Cl4N2O. The zero-order chi connectivity index (χ0) is 20.5. The molecule has 3 nitrogen and oxygen atoms in total. The fourth-order valence-corrected chi connectivity index (χ4v) is 3.74.